The minimum Gasteiger partial charge on any atom is -0.458 e. The number of fused-ring (bicyclic) bond motifs is 1. The van der Waals surface area contributed by atoms with Gasteiger partial charge in [-0.05, 0) is 55.9 Å². The van der Waals surface area contributed by atoms with Crippen molar-refractivity contribution in [2.24, 2.45) is 0 Å². The Kier molecular flexibility index (Phi) is 4.75. The topological polar surface area (TPSA) is 59.2 Å². The van der Waals surface area contributed by atoms with E-state index in [9.17, 15) is 14.0 Å². The lowest BCUT2D eigenvalue weighted by Crippen LogP contribution is -2.18. The second-order valence-electron chi connectivity index (χ2n) is 6.68. The third-order valence-electron chi connectivity index (χ3n) is 4.92. The van der Waals surface area contributed by atoms with Gasteiger partial charge in [-0.2, -0.15) is 0 Å². The van der Waals surface area contributed by atoms with Crippen molar-refractivity contribution < 1.29 is 18.7 Å². The van der Waals surface area contributed by atoms with Crippen molar-refractivity contribution in [1.82, 2.24) is 4.98 Å². The summed E-state index contributed by atoms with van der Waals surface area (Å²) in [7, 11) is 0. The first-order chi connectivity index (χ1) is 11.9. The molecule has 132 valence electrons. The number of esters is 1. The van der Waals surface area contributed by atoms with Gasteiger partial charge in [0.2, 0.25) is 0 Å². The van der Waals surface area contributed by atoms with Crippen molar-refractivity contribution in [3.63, 3.8) is 0 Å². The molecule has 0 saturated carbocycles. The fourth-order valence-electron chi connectivity index (χ4n) is 3.33. The third kappa shape index (κ3) is 3.36. The van der Waals surface area contributed by atoms with Crippen LogP contribution in [0.4, 0.5) is 4.39 Å². The van der Waals surface area contributed by atoms with Crippen LogP contribution in [0.1, 0.15) is 70.3 Å². The molecule has 2 atom stereocenters. The quantitative estimate of drug-likeness (QED) is 0.841. The summed E-state index contributed by atoms with van der Waals surface area (Å²) in [5.74, 6) is -0.728. The number of benzene rings is 1. The molecule has 5 heteroatoms. The molecule has 1 aromatic heterocycles. The molecule has 0 fully saturated rings. The second-order valence-corrected chi connectivity index (χ2v) is 6.68. The summed E-state index contributed by atoms with van der Waals surface area (Å²) in [6.45, 7) is 5.56. The highest BCUT2D eigenvalue weighted by Crippen LogP contribution is 2.35. The predicted octanol–water partition coefficient (Wildman–Crippen LogP) is 4.33. The van der Waals surface area contributed by atoms with Gasteiger partial charge in [-0.3, -0.25) is 4.79 Å². The Balaban J connectivity index is 1.89. The number of ketones is 1. The number of hydrogen-bond donors (Lipinski definition) is 1. The zero-order valence-electron chi connectivity index (χ0n) is 14.7. The van der Waals surface area contributed by atoms with Crippen LogP contribution in [0.5, 0.6) is 0 Å². The van der Waals surface area contributed by atoms with E-state index in [1.807, 2.05) is 13.8 Å². The number of carbonyl (C=O) groups is 2. The maximum absolute atomic E-state index is 13.1. The first kappa shape index (κ1) is 17.4. The number of aromatic amines is 1. The van der Waals surface area contributed by atoms with E-state index in [2.05, 4.69) is 4.98 Å². The molecule has 4 nitrogen and oxygen atoms in total. The fraction of sp³-hybridized carbons (Fsp3) is 0.400. The van der Waals surface area contributed by atoms with E-state index in [0.29, 0.717) is 29.7 Å². The van der Waals surface area contributed by atoms with E-state index in [1.165, 1.54) is 12.1 Å². The highest BCUT2D eigenvalue weighted by Gasteiger charge is 2.32. The zero-order chi connectivity index (χ0) is 18.1. The van der Waals surface area contributed by atoms with Crippen molar-refractivity contribution in [2.45, 2.75) is 52.1 Å². The lowest BCUT2D eigenvalue weighted by Gasteiger charge is -2.22. The summed E-state index contributed by atoms with van der Waals surface area (Å²) in [4.78, 5) is 28.1. The number of rotatable bonds is 4. The number of ether oxygens (including phenoxy) is 1. The van der Waals surface area contributed by atoms with Crippen LogP contribution in [0.2, 0.25) is 0 Å². The lowest BCUT2D eigenvalue weighted by atomic mass is 9.81. The summed E-state index contributed by atoms with van der Waals surface area (Å²) < 4.78 is 18.5. The van der Waals surface area contributed by atoms with Crippen LogP contribution in [0.15, 0.2) is 24.3 Å². The Morgan fingerprint density at radius 3 is 2.64 bits per heavy atom. The summed E-state index contributed by atoms with van der Waals surface area (Å²) in [6, 6.07) is 6.24. The van der Waals surface area contributed by atoms with Gasteiger partial charge in [-0.25, -0.2) is 9.18 Å². The van der Waals surface area contributed by atoms with Gasteiger partial charge >= 0.3 is 5.97 Å². The molecular formula is C20H22FNO3. The molecule has 0 spiro atoms. The van der Waals surface area contributed by atoms with E-state index in [-0.39, 0.29) is 23.6 Å². The van der Waals surface area contributed by atoms with Crippen LogP contribution in [-0.4, -0.2) is 22.8 Å². The Bertz CT molecular complexity index is 807. The number of Topliss-reactive ketones (excluding diaryl/α,β-unsaturated/α-hetero) is 1. The van der Waals surface area contributed by atoms with E-state index in [4.69, 9.17) is 4.74 Å². The number of carbonyl (C=O) groups excluding carboxylic acids is 2. The SMILES string of the molecule is CC[C@H](C)OC(=O)c1[nH]c2c(c1C)C(=O)C[C@@H](c1ccc(F)cc1)C2. The highest BCUT2D eigenvalue weighted by atomic mass is 19.1. The molecular weight excluding hydrogens is 321 g/mol. The molecule has 0 saturated heterocycles. The average molecular weight is 343 g/mol. The Labute approximate surface area is 146 Å². The van der Waals surface area contributed by atoms with E-state index < -0.39 is 5.97 Å². The lowest BCUT2D eigenvalue weighted by molar-refractivity contribution is 0.0327. The molecule has 0 unspecified atom stereocenters. The third-order valence-corrected chi connectivity index (χ3v) is 4.92. The fourth-order valence-corrected chi connectivity index (χ4v) is 3.33. The van der Waals surface area contributed by atoms with Crippen LogP contribution in [-0.2, 0) is 11.2 Å². The van der Waals surface area contributed by atoms with Crippen molar-refractivity contribution in [3.8, 4) is 0 Å². The molecule has 1 aliphatic rings. The highest BCUT2D eigenvalue weighted by molar-refractivity contribution is 6.03. The molecule has 1 heterocycles. The van der Waals surface area contributed by atoms with Gasteiger partial charge in [-0.15, -0.1) is 0 Å². The molecule has 3 rings (SSSR count). The summed E-state index contributed by atoms with van der Waals surface area (Å²) in [6.07, 6.45) is 1.54. The Morgan fingerprint density at radius 1 is 1.32 bits per heavy atom. The smallest absolute Gasteiger partial charge is 0.355 e. The monoisotopic (exact) mass is 343 g/mol. The molecule has 0 aliphatic heterocycles. The van der Waals surface area contributed by atoms with Crippen molar-refractivity contribution >= 4 is 11.8 Å². The molecule has 1 aromatic carbocycles. The number of H-pyrrole nitrogens is 1. The number of nitrogens with one attached hydrogen (secondary N) is 1. The minimum atomic E-state index is -0.424. The van der Waals surface area contributed by atoms with Crippen LogP contribution in [0.3, 0.4) is 0 Å². The summed E-state index contributed by atoms with van der Waals surface area (Å²) >= 11 is 0. The van der Waals surface area contributed by atoms with Crippen molar-refractivity contribution in [1.29, 1.82) is 0 Å². The van der Waals surface area contributed by atoms with Gasteiger partial charge in [-0.1, -0.05) is 19.1 Å². The molecule has 25 heavy (non-hydrogen) atoms. The van der Waals surface area contributed by atoms with Crippen LogP contribution >= 0.6 is 0 Å². The normalized spacial score (nSPS) is 17.9. The van der Waals surface area contributed by atoms with Crippen LogP contribution < -0.4 is 0 Å². The molecule has 0 bridgehead atoms. The molecule has 0 radical (unpaired) electrons. The van der Waals surface area contributed by atoms with Gasteiger partial charge < -0.3 is 9.72 Å². The number of aromatic nitrogens is 1. The van der Waals surface area contributed by atoms with E-state index in [0.717, 1.165) is 17.7 Å². The van der Waals surface area contributed by atoms with Gasteiger partial charge in [0, 0.05) is 17.7 Å². The first-order valence-corrected chi connectivity index (χ1v) is 8.61. The maximum atomic E-state index is 13.1. The predicted molar refractivity (Wildman–Crippen MR) is 92.5 cm³/mol. The zero-order valence-corrected chi connectivity index (χ0v) is 14.7. The summed E-state index contributed by atoms with van der Waals surface area (Å²) in [5, 5.41) is 0. The van der Waals surface area contributed by atoms with Crippen LogP contribution in [0, 0.1) is 12.7 Å². The molecule has 1 N–H and O–H groups in total. The average Bonchev–Trinajstić information content (AvgIpc) is 2.92. The van der Waals surface area contributed by atoms with E-state index in [1.54, 1.807) is 19.1 Å². The molecule has 0 amide bonds. The van der Waals surface area contributed by atoms with Gasteiger partial charge in [0.1, 0.15) is 11.5 Å². The number of hydrogen-bond acceptors (Lipinski definition) is 3. The number of halogens is 1. The second kappa shape index (κ2) is 6.82. The van der Waals surface area contributed by atoms with Crippen LogP contribution in [0.25, 0.3) is 0 Å². The van der Waals surface area contributed by atoms with Crippen molar-refractivity contribution in [3.05, 3.63) is 58.2 Å². The van der Waals surface area contributed by atoms with Gasteiger partial charge in [0.05, 0.1) is 6.10 Å². The standard InChI is InChI=1S/C20H22FNO3/c1-4-11(2)25-20(24)19-12(3)18-16(22-19)9-14(10-17(18)23)13-5-7-15(21)8-6-13/h5-8,11,14,22H,4,9-10H2,1-3H3/t11-,14-/m0/s1. The first-order valence-electron chi connectivity index (χ1n) is 8.61. The maximum Gasteiger partial charge on any atom is 0.355 e. The van der Waals surface area contributed by atoms with E-state index >= 15 is 0 Å². The minimum absolute atomic E-state index is 0.00640. The largest absolute Gasteiger partial charge is 0.458 e. The molecule has 1 aliphatic carbocycles. The van der Waals surface area contributed by atoms with Crippen molar-refractivity contribution in [2.75, 3.05) is 0 Å². The molecule has 2 aromatic rings. The Hall–Kier alpha value is -2.43. The van der Waals surface area contributed by atoms with Gasteiger partial charge in [0.15, 0.2) is 5.78 Å². The Morgan fingerprint density at radius 2 is 2.00 bits per heavy atom. The summed E-state index contributed by atoms with van der Waals surface area (Å²) in [5.41, 5.74) is 3.31. The van der Waals surface area contributed by atoms with Gasteiger partial charge in [0.25, 0.3) is 0 Å².